The first-order valence-electron chi connectivity index (χ1n) is 10.4. The van der Waals surface area contributed by atoms with Gasteiger partial charge >= 0.3 is 0 Å². The van der Waals surface area contributed by atoms with Crippen LogP contribution in [0.2, 0.25) is 0 Å². The molecule has 0 spiro atoms. The molecule has 0 aliphatic carbocycles. The maximum Gasteiger partial charge on any atom is 0.226 e. The van der Waals surface area contributed by atoms with Crippen LogP contribution in [-0.2, 0) is 11.2 Å². The number of pyridine rings is 1. The smallest absolute Gasteiger partial charge is 0.226 e. The molecule has 3 aromatic rings. The van der Waals surface area contributed by atoms with E-state index in [1.807, 2.05) is 68.6 Å². The number of anilines is 1. The topological polar surface area (TPSA) is 59.5 Å². The van der Waals surface area contributed by atoms with Crippen LogP contribution in [0.5, 0.6) is 5.75 Å². The van der Waals surface area contributed by atoms with Gasteiger partial charge in [-0.3, -0.25) is 14.6 Å². The molecule has 160 valence electrons. The van der Waals surface area contributed by atoms with E-state index in [-0.39, 0.29) is 11.7 Å². The minimum absolute atomic E-state index is 0.0645. The van der Waals surface area contributed by atoms with Gasteiger partial charge in [0.2, 0.25) is 5.91 Å². The molecule has 0 aliphatic heterocycles. The second-order valence-electron chi connectivity index (χ2n) is 7.50. The Kier molecular flexibility index (Phi) is 7.19. The summed E-state index contributed by atoms with van der Waals surface area (Å²) < 4.78 is 5.57. The van der Waals surface area contributed by atoms with Gasteiger partial charge in [0.1, 0.15) is 5.75 Å². The third kappa shape index (κ3) is 5.37. The molecule has 1 aromatic heterocycles. The number of aryl methyl sites for hydroxylation is 2. The molecule has 31 heavy (non-hydrogen) atoms. The maximum atomic E-state index is 12.7. The Labute approximate surface area is 183 Å². The Morgan fingerprint density at radius 2 is 1.77 bits per heavy atom. The fourth-order valence-corrected chi connectivity index (χ4v) is 3.40. The van der Waals surface area contributed by atoms with Crippen molar-refractivity contribution in [3.63, 3.8) is 0 Å². The summed E-state index contributed by atoms with van der Waals surface area (Å²) in [6, 6.07) is 17.3. The van der Waals surface area contributed by atoms with Gasteiger partial charge in [-0.1, -0.05) is 31.2 Å². The third-order valence-corrected chi connectivity index (χ3v) is 5.38. The van der Waals surface area contributed by atoms with E-state index in [2.05, 4.69) is 4.98 Å². The molecule has 5 nitrogen and oxygen atoms in total. The van der Waals surface area contributed by atoms with Crippen LogP contribution in [0.4, 0.5) is 5.69 Å². The first-order valence-corrected chi connectivity index (χ1v) is 10.4. The van der Waals surface area contributed by atoms with Gasteiger partial charge in [-0.2, -0.15) is 0 Å². The fourth-order valence-electron chi connectivity index (χ4n) is 3.40. The van der Waals surface area contributed by atoms with Crippen LogP contribution in [-0.4, -0.2) is 30.8 Å². The Balaban J connectivity index is 1.75. The van der Waals surface area contributed by atoms with E-state index < -0.39 is 0 Å². The van der Waals surface area contributed by atoms with Gasteiger partial charge in [0.15, 0.2) is 5.78 Å². The molecule has 5 heteroatoms. The van der Waals surface area contributed by atoms with Crippen molar-refractivity contribution in [1.82, 2.24) is 4.98 Å². The zero-order valence-electron chi connectivity index (χ0n) is 18.5. The normalized spacial score (nSPS) is 10.6. The van der Waals surface area contributed by atoms with Crippen LogP contribution in [0.3, 0.4) is 0 Å². The highest BCUT2D eigenvalue weighted by Gasteiger charge is 2.13. The van der Waals surface area contributed by atoms with Crippen molar-refractivity contribution >= 4 is 17.4 Å². The lowest BCUT2D eigenvalue weighted by atomic mass is 9.98. The van der Waals surface area contributed by atoms with Crippen molar-refractivity contribution in [1.29, 1.82) is 0 Å². The van der Waals surface area contributed by atoms with Gasteiger partial charge in [0.25, 0.3) is 0 Å². The lowest BCUT2D eigenvalue weighted by Gasteiger charge is -2.17. The predicted molar refractivity (Wildman–Crippen MR) is 124 cm³/mol. The van der Waals surface area contributed by atoms with Crippen LogP contribution >= 0.6 is 0 Å². The standard InChI is InChI=1S/C26H28N2O3/c1-5-26(30)28(3)22-12-9-20(10-13-22)23-14-11-21(16-25(23)31-4)24(29)15-8-19-7-6-18(2)27-17-19/h6-7,9-14,16-17H,5,8,15H2,1-4H3. The number of rotatable bonds is 8. The fraction of sp³-hybridized carbons (Fsp3) is 0.269. The number of amides is 1. The zero-order chi connectivity index (χ0) is 22.4. The highest BCUT2D eigenvalue weighted by Crippen LogP contribution is 2.32. The Morgan fingerprint density at radius 1 is 1.03 bits per heavy atom. The molecule has 0 saturated carbocycles. The summed E-state index contributed by atoms with van der Waals surface area (Å²) in [5.41, 5.74) is 5.35. The van der Waals surface area contributed by atoms with E-state index in [0.29, 0.717) is 30.6 Å². The highest BCUT2D eigenvalue weighted by atomic mass is 16.5. The number of carbonyl (C=O) groups excluding carboxylic acids is 2. The minimum Gasteiger partial charge on any atom is -0.496 e. The SMILES string of the molecule is CCC(=O)N(C)c1ccc(-c2ccc(C(=O)CCc3ccc(C)nc3)cc2OC)cc1. The molecule has 0 fully saturated rings. The van der Waals surface area contributed by atoms with Crippen LogP contribution < -0.4 is 9.64 Å². The van der Waals surface area contributed by atoms with Crippen molar-refractivity contribution in [2.24, 2.45) is 0 Å². The predicted octanol–water partition coefficient (Wildman–Crippen LogP) is 5.25. The summed E-state index contributed by atoms with van der Waals surface area (Å²) in [6.07, 6.45) is 3.35. The molecule has 1 amide bonds. The van der Waals surface area contributed by atoms with Crippen molar-refractivity contribution < 1.29 is 14.3 Å². The minimum atomic E-state index is 0.0645. The zero-order valence-corrected chi connectivity index (χ0v) is 18.5. The molecule has 1 heterocycles. The molecular formula is C26H28N2O3. The second kappa shape index (κ2) is 10.0. The third-order valence-electron chi connectivity index (χ3n) is 5.38. The van der Waals surface area contributed by atoms with Crippen LogP contribution in [0.1, 0.15) is 41.4 Å². The first kappa shape index (κ1) is 22.2. The van der Waals surface area contributed by atoms with E-state index in [1.165, 1.54) is 0 Å². The van der Waals surface area contributed by atoms with Gasteiger partial charge in [0.05, 0.1) is 7.11 Å². The summed E-state index contributed by atoms with van der Waals surface area (Å²) in [5, 5.41) is 0. The molecule has 0 bridgehead atoms. The van der Waals surface area contributed by atoms with E-state index in [4.69, 9.17) is 4.74 Å². The average molecular weight is 417 g/mol. The Bertz CT molecular complexity index is 1060. The van der Waals surface area contributed by atoms with Gasteiger partial charge in [0, 0.05) is 48.6 Å². The molecule has 0 aliphatic rings. The summed E-state index contributed by atoms with van der Waals surface area (Å²) >= 11 is 0. The van der Waals surface area contributed by atoms with Crippen LogP contribution in [0, 0.1) is 6.92 Å². The Morgan fingerprint density at radius 3 is 2.39 bits per heavy atom. The molecule has 0 saturated heterocycles. The lowest BCUT2D eigenvalue weighted by Crippen LogP contribution is -2.24. The van der Waals surface area contributed by atoms with E-state index >= 15 is 0 Å². The van der Waals surface area contributed by atoms with Gasteiger partial charge < -0.3 is 9.64 Å². The van der Waals surface area contributed by atoms with Crippen molar-refractivity contribution in [2.45, 2.75) is 33.1 Å². The number of carbonyl (C=O) groups is 2. The van der Waals surface area contributed by atoms with Crippen molar-refractivity contribution in [2.75, 3.05) is 19.1 Å². The van der Waals surface area contributed by atoms with Gasteiger partial charge in [-0.25, -0.2) is 0 Å². The van der Waals surface area contributed by atoms with Crippen molar-refractivity contribution in [3.8, 4) is 16.9 Å². The molecule has 3 rings (SSSR count). The number of nitrogens with zero attached hydrogens (tertiary/aromatic N) is 2. The summed E-state index contributed by atoms with van der Waals surface area (Å²) in [5.74, 6) is 0.781. The number of Topliss-reactive ketones (excluding diaryl/α,β-unsaturated/α-hetero) is 1. The highest BCUT2D eigenvalue weighted by molar-refractivity contribution is 5.97. The number of benzene rings is 2. The lowest BCUT2D eigenvalue weighted by molar-refractivity contribution is -0.118. The average Bonchev–Trinajstić information content (AvgIpc) is 2.82. The summed E-state index contributed by atoms with van der Waals surface area (Å²) in [4.78, 5) is 30.5. The molecule has 0 N–H and O–H groups in total. The largest absolute Gasteiger partial charge is 0.496 e. The van der Waals surface area contributed by atoms with Crippen LogP contribution in [0.15, 0.2) is 60.8 Å². The van der Waals surface area contributed by atoms with Gasteiger partial charge in [-0.15, -0.1) is 0 Å². The molecular weight excluding hydrogens is 388 g/mol. The quantitative estimate of drug-likeness (QED) is 0.470. The molecule has 0 radical (unpaired) electrons. The van der Waals surface area contributed by atoms with E-state index in [0.717, 1.165) is 28.1 Å². The second-order valence-corrected chi connectivity index (χ2v) is 7.50. The number of aromatic nitrogens is 1. The number of ketones is 1. The Hall–Kier alpha value is -3.47. The summed E-state index contributed by atoms with van der Waals surface area (Å²) in [7, 11) is 3.38. The number of methoxy groups -OCH3 is 1. The van der Waals surface area contributed by atoms with Crippen LogP contribution in [0.25, 0.3) is 11.1 Å². The molecule has 0 unspecified atom stereocenters. The molecule has 2 aromatic carbocycles. The molecule has 0 atom stereocenters. The van der Waals surface area contributed by atoms with Crippen molar-refractivity contribution in [3.05, 3.63) is 77.6 Å². The first-order chi connectivity index (χ1) is 14.9. The number of hydrogen-bond acceptors (Lipinski definition) is 4. The number of hydrogen-bond donors (Lipinski definition) is 0. The van der Waals surface area contributed by atoms with Gasteiger partial charge in [-0.05, 0) is 54.8 Å². The summed E-state index contributed by atoms with van der Waals surface area (Å²) in [6.45, 7) is 3.79. The van der Waals surface area contributed by atoms with E-state index in [9.17, 15) is 9.59 Å². The van der Waals surface area contributed by atoms with E-state index in [1.54, 1.807) is 25.1 Å². The monoisotopic (exact) mass is 416 g/mol. The number of ether oxygens (including phenoxy) is 1. The maximum absolute atomic E-state index is 12.7.